The number of benzene rings is 2. The van der Waals surface area contributed by atoms with E-state index in [0.29, 0.717) is 19.0 Å². The monoisotopic (exact) mass is 511 g/mol. The van der Waals surface area contributed by atoms with E-state index in [-0.39, 0.29) is 36.0 Å². The number of halogens is 3. The Hall–Kier alpha value is -2.49. The number of aromatic nitrogens is 2. The number of guanidine groups is 1. The maximum absolute atomic E-state index is 13.6. The Morgan fingerprint density at radius 3 is 2.21 bits per heavy atom. The van der Waals surface area contributed by atoms with Crippen molar-refractivity contribution >= 4 is 29.9 Å². The molecule has 29 heavy (non-hydrogen) atoms. The third-order valence-electron chi connectivity index (χ3n) is 4.36. The second-order valence-electron chi connectivity index (χ2n) is 6.24. The van der Waals surface area contributed by atoms with Gasteiger partial charge in [0.15, 0.2) is 5.96 Å². The van der Waals surface area contributed by atoms with E-state index in [9.17, 15) is 8.78 Å². The quantitative estimate of drug-likeness (QED) is 0.289. The van der Waals surface area contributed by atoms with Gasteiger partial charge in [-0.3, -0.25) is 4.99 Å². The summed E-state index contributed by atoms with van der Waals surface area (Å²) in [4.78, 5) is 4.14. The fourth-order valence-corrected chi connectivity index (χ4v) is 2.86. The van der Waals surface area contributed by atoms with Gasteiger partial charge in [0.1, 0.15) is 11.6 Å². The highest BCUT2D eigenvalue weighted by Gasteiger charge is 2.08. The molecular weight excluding hydrogens is 487 g/mol. The molecule has 0 atom stereocenters. The predicted molar refractivity (Wildman–Crippen MR) is 122 cm³/mol. The molecule has 0 bridgehead atoms. The van der Waals surface area contributed by atoms with E-state index in [1.807, 2.05) is 29.1 Å². The van der Waals surface area contributed by atoms with Crippen LogP contribution in [0.2, 0.25) is 0 Å². The average Bonchev–Trinajstić information content (AvgIpc) is 3.24. The third-order valence-corrected chi connectivity index (χ3v) is 4.36. The van der Waals surface area contributed by atoms with E-state index in [0.717, 1.165) is 12.1 Å². The molecule has 0 saturated heterocycles. The van der Waals surface area contributed by atoms with Gasteiger partial charge in [-0.2, -0.15) is 5.10 Å². The van der Waals surface area contributed by atoms with Crippen LogP contribution >= 0.6 is 24.0 Å². The first-order chi connectivity index (χ1) is 13.7. The van der Waals surface area contributed by atoms with Crippen LogP contribution in [0.1, 0.15) is 11.1 Å². The highest BCUT2D eigenvalue weighted by Crippen LogP contribution is 2.12. The number of rotatable bonds is 7. The lowest BCUT2D eigenvalue weighted by Crippen LogP contribution is -2.39. The summed E-state index contributed by atoms with van der Waals surface area (Å²) in [6.07, 6.45) is 4.71. The molecule has 0 aliphatic heterocycles. The van der Waals surface area contributed by atoms with E-state index in [1.54, 1.807) is 13.2 Å². The van der Waals surface area contributed by atoms with E-state index in [1.165, 1.54) is 23.8 Å². The molecule has 0 spiro atoms. The SMILES string of the molecule is CN=C(NCCc1ccc(-n2cccn2)cc1)NCCc1c(F)cccc1F.I. The molecule has 1 heterocycles. The summed E-state index contributed by atoms with van der Waals surface area (Å²) in [6, 6.07) is 14.0. The van der Waals surface area contributed by atoms with Gasteiger partial charge < -0.3 is 10.6 Å². The van der Waals surface area contributed by atoms with Crippen LogP contribution in [-0.2, 0) is 12.8 Å². The minimum atomic E-state index is -0.525. The molecule has 154 valence electrons. The van der Waals surface area contributed by atoms with Crippen molar-refractivity contribution in [2.24, 2.45) is 4.99 Å². The van der Waals surface area contributed by atoms with Gasteiger partial charge in [0.2, 0.25) is 0 Å². The number of hydrogen-bond acceptors (Lipinski definition) is 2. The van der Waals surface area contributed by atoms with Crippen LogP contribution in [-0.4, -0.2) is 35.9 Å². The molecule has 2 aromatic carbocycles. The number of aliphatic imine (C=N–C) groups is 1. The summed E-state index contributed by atoms with van der Waals surface area (Å²) in [5, 5.41) is 10.5. The molecule has 0 fully saturated rings. The minimum absolute atomic E-state index is 0. The molecular formula is C21H24F2IN5. The zero-order chi connectivity index (χ0) is 19.8. The van der Waals surface area contributed by atoms with Crippen LogP contribution in [0, 0.1) is 11.6 Å². The lowest BCUT2D eigenvalue weighted by Gasteiger charge is -2.12. The first-order valence-electron chi connectivity index (χ1n) is 9.14. The van der Waals surface area contributed by atoms with Crippen LogP contribution in [0.4, 0.5) is 8.78 Å². The molecule has 0 aliphatic rings. The normalized spacial score (nSPS) is 11.1. The Morgan fingerprint density at radius 2 is 1.62 bits per heavy atom. The molecule has 0 radical (unpaired) electrons. The molecule has 5 nitrogen and oxygen atoms in total. The molecule has 0 unspecified atom stereocenters. The van der Waals surface area contributed by atoms with Crippen LogP contribution in [0.15, 0.2) is 65.9 Å². The molecule has 0 amide bonds. The highest BCUT2D eigenvalue weighted by molar-refractivity contribution is 14.0. The first kappa shape index (κ1) is 22.8. The summed E-state index contributed by atoms with van der Waals surface area (Å²) in [5.41, 5.74) is 2.29. The van der Waals surface area contributed by atoms with E-state index < -0.39 is 11.6 Å². The van der Waals surface area contributed by atoms with Crippen LogP contribution < -0.4 is 10.6 Å². The van der Waals surface area contributed by atoms with Crippen LogP contribution in [0.5, 0.6) is 0 Å². The van der Waals surface area contributed by atoms with Crippen molar-refractivity contribution < 1.29 is 8.78 Å². The topological polar surface area (TPSA) is 54.2 Å². The van der Waals surface area contributed by atoms with Gasteiger partial charge in [0, 0.05) is 38.1 Å². The zero-order valence-corrected chi connectivity index (χ0v) is 18.4. The van der Waals surface area contributed by atoms with Crippen molar-refractivity contribution in [3.05, 3.63) is 83.7 Å². The summed E-state index contributed by atoms with van der Waals surface area (Å²) < 4.78 is 29.1. The van der Waals surface area contributed by atoms with Gasteiger partial charge in [-0.05, 0) is 48.7 Å². The molecule has 3 rings (SSSR count). The number of nitrogens with zero attached hydrogens (tertiary/aromatic N) is 3. The van der Waals surface area contributed by atoms with Crippen LogP contribution in [0.3, 0.4) is 0 Å². The standard InChI is InChI=1S/C21H23F2N5.HI/c1-24-21(26-14-11-18-19(22)4-2-5-20(18)23)25-13-10-16-6-8-17(9-7-16)28-15-3-12-27-28;/h2-9,12,15H,10-11,13-14H2,1H3,(H2,24,25,26);1H. The molecule has 0 saturated carbocycles. The van der Waals surface area contributed by atoms with Gasteiger partial charge in [0.25, 0.3) is 0 Å². The van der Waals surface area contributed by atoms with E-state index in [4.69, 9.17) is 0 Å². The Labute approximate surface area is 186 Å². The molecule has 2 N–H and O–H groups in total. The summed E-state index contributed by atoms with van der Waals surface area (Å²) in [6.45, 7) is 1.07. The van der Waals surface area contributed by atoms with E-state index >= 15 is 0 Å². The second-order valence-corrected chi connectivity index (χ2v) is 6.24. The van der Waals surface area contributed by atoms with Gasteiger partial charge in [-0.1, -0.05) is 18.2 Å². The fourth-order valence-electron chi connectivity index (χ4n) is 2.86. The Kier molecular flexibility index (Phi) is 9.04. The van der Waals surface area contributed by atoms with Crippen molar-refractivity contribution in [1.82, 2.24) is 20.4 Å². The summed E-state index contributed by atoms with van der Waals surface area (Å²) in [5.74, 6) is -0.448. The van der Waals surface area contributed by atoms with Gasteiger partial charge >= 0.3 is 0 Å². The van der Waals surface area contributed by atoms with E-state index in [2.05, 4.69) is 32.9 Å². The summed E-state index contributed by atoms with van der Waals surface area (Å²) >= 11 is 0. The number of hydrogen-bond donors (Lipinski definition) is 2. The minimum Gasteiger partial charge on any atom is -0.356 e. The van der Waals surface area contributed by atoms with Gasteiger partial charge in [-0.25, -0.2) is 13.5 Å². The zero-order valence-electron chi connectivity index (χ0n) is 16.1. The lowest BCUT2D eigenvalue weighted by molar-refractivity contribution is 0.553. The first-order valence-corrected chi connectivity index (χ1v) is 9.14. The molecule has 0 aliphatic carbocycles. The van der Waals surface area contributed by atoms with Gasteiger partial charge in [0.05, 0.1) is 5.69 Å². The largest absolute Gasteiger partial charge is 0.356 e. The van der Waals surface area contributed by atoms with Crippen LogP contribution in [0.25, 0.3) is 5.69 Å². The lowest BCUT2D eigenvalue weighted by atomic mass is 10.1. The number of nitrogens with one attached hydrogen (secondary N) is 2. The molecule has 1 aromatic heterocycles. The van der Waals surface area contributed by atoms with Crippen molar-refractivity contribution in [3.63, 3.8) is 0 Å². The molecule has 8 heteroatoms. The molecule has 3 aromatic rings. The Bertz CT molecular complexity index is 891. The highest BCUT2D eigenvalue weighted by atomic mass is 127. The average molecular weight is 511 g/mol. The van der Waals surface area contributed by atoms with Crippen molar-refractivity contribution in [1.29, 1.82) is 0 Å². The second kappa shape index (κ2) is 11.5. The Balaban J connectivity index is 0.00000300. The van der Waals surface area contributed by atoms with Crippen molar-refractivity contribution in [2.45, 2.75) is 12.8 Å². The summed E-state index contributed by atoms with van der Waals surface area (Å²) in [7, 11) is 1.66. The maximum atomic E-state index is 13.6. The van der Waals surface area contributed by atoms with Crippen molar-refractivity contribution in [3.8, 4) is 5.69 Å². The smallest absolute Gasteiger partial charge is 0.190 e. The Morgan fingerprint density at radius 1 is 0.966 bits per heavy atom. The third kappa shape index (κ3) is 6.52. The fraction of sp³-hybridized carbons (Fsp3) is 0.238. The maximum Gasteiger partial charge on any atom is 0.190 e. The predicted octanol–water partition coefficient (Wildman–Crippen LogP) is 3.72. The van der Waals surface area contributed by atoms with Crippen molar-refractivity contribution in [2.75, 3.05) is 20.1 Å². The van der Waals surface area contributed by atoms with Gasteiger partial charge in [-0.15, -0.1) is 24.0 Å².